The predicted octanol–water partition coefficient (Wildman–Crippen LogP) is -0.114. The zero-order valence-corrected chi connectivity index (χ0v) is 12.0. The number of nitrogens with zero attached hydrogens (tertiary/aromatic N) is 4. The van der Waals surface area contributed by atoms with Crippen LogP contribution in [0.5, 0.6) is 5.88 Å². The highest BCUT2D eigenvalue weighted by molar-refractivity contribution is 5.95. The van der Waals surface area contributed by atoms with Gasteiger partial charge in [-0.15, -0.1) is 0 Å². The summed E-state index contributed by atoms with van der Waals surface area (Å²) < 4.78 is 15.6. The van der Waals surface area contributed by atoms with Crippen molar-refractivity contribution in [3.05, 3.63) is 12.4 Å². The summed E-state index contributed by atoms with van der Waals surface area (Å²) in [5, 5.41) is 3.09. The van der Waals surface area contributed by atoms with Crippen LogP contribution < -0.4 is 14.7 Å². The number of nitrogens with one attached hydrogen (secondary N) is 1. The summed E-state index contributed by atoms with van der Waals surface area (Å²) in [6.45, 7) is 3.28. The Morgan fingerprint density at radius 1 is 1.43 bits per heavy atom. The summed E-state index contributed by atoms with van der Waals surface area (Å²) >= 11 is 0. The molecule has 110 valence electrons. The lowest BCUT2D eigenvalue weighted by Crippen LogP contribution is -2.61. The summed E-state index contributed by atoms with van der Waals surface area (Å²) in [4.78, 5) is 10.6. The van der Waals surface area contributed by atoms with Gasteiger partial charge in [0.2, 0.25) is 23.5 Å². The molecule has 7 heteroatoms. The zero-order chi connectivity index (χ0) is 14.3. The maximum absolute atomic E-state index is 6.14. The lowest BCUT2D eigenvalue weighted by molar-refractivity contribution is -0.0474. The molecule has 1 unspecified atom stereocenters. The molecule has 0 aromatic carbocycles. The van der Waals surface area contributed by atoms with Crippen molar-refractivity contribution in [2.75, 3.05) is 32.1 Å². The molecular weight excluding hydrogens is 270 g/mol. The van der Waals surface area contributed by atoms with Gasteiger partial charge in [0.05, 0.1) is 13.2 Å². The highest BCUT2D eigenvalue weighted by Gasteiger charge is 2.54. The van der Waals surface area contributed by atoms with E-state index in [0.717, 1.165) is 6.54 Å². The van der Waals surface area contributed by atoms with Crippen LogP contribution in [0.15, 0.2) is 12.4 Å². The topological polar surface area (TPSA) is 73.6 Å². The monoisotopic (exact) mass is 288 g/mol. The smallest absolute Gasteiger partial charge is 0.481 e. The number of hydrogen-bond donors (Lipinski definition) is 1. The van der Waals surface area contributed by atoms with E-state index >= 15 is 0 Å². The van der Waals surface area contributed by atoms with Crippen molar-refractivity contribution in [1.82, 2.24) is 19.5 Å². The van der Waals surface area contributed by atoms with Gasteiger partial charge in [-0.25, -0.2) is 4.98 Å². The summed E-state index contributed by atoms with van der Waals surface area (Å²) in [5.74, 6) is 1.69. The van der Waals surface area contributed by atoms with Gasteiger partial charge < -0.3 is 9.47 Å². The Hall–Kier alpha value is -2.11. The number of piperidine rings is 3. The Kier molecular flexibility index (Phi) is 2.83. The Morgan fingerprint density at radius 3 is 3.00 bits per heavy atom. The Bertz CT molecular complexity index is 620. The van der Waals surface area contributed by atoms with E-state index in [1.165, 1.54) is 32.3 Å². The number of rotatable bonds is 2. The third-order valence-electron chi connectivity index (χ3n) is 4.52. The molecule has 4 aliphatic heterocycles. The van der Waals surface area contributed by atoms with Crippen molar-refractivity contribution in [2.24, 2.45) is 5.92 Å². The van der Waals surface area contributed by atoms with Crippen LogP contribution >= 0.6 is 0 Å². The van der Waals surface area contributed by atoms with E-state index in [1.54, 1.807) is 13.2 Å². The first kappa shape index (κ1) is 12.6. The van der Waals surface area contributed by atoms with Gasteiger partial charge >= 0.3 is 6.02 Å². The predicted molar refractivity (Wildman–Crippen MR) is 78.4 cm³/mol. The molecular formula is C14H18N5O2+. The lowest BCUT2D eigenvalue weighted by atomic mass is 9.76. The molecule has 1 aromatic heterocycles. The largest absolute Gasteiger partial charge is 0.554 e. The number of amidine groups is 1. The summed E-state index contributed by atoms with van der Waals surface area (Å²) in [5.41, 5.74) is -0.254. The molecule has 1 N–H and O–H groups in total. The lowest BCUT2D eigenvalue weighted by Gasteiger charge is -2.47. The number of anilines is 1. The Balaban J connectivity index is 1.48. The van der Waals surface area contributed by atoms with Crippen LogP contribution in [0.4, 0.5) is 5.82 Å². The fraction of sp³-hybridized carbons (Fsp3) is 0.571. The molecule has 5 rings (SSSR count). The minimum atomic E-state index is -0.254. The first-order valence-corrected chi connectivity index (χ1v) is 7.24. The summed E-state index contributed by atoms with van der Waals surface area (Å²) in [6, 6.07) is 2.22. The second-order valence-electron chi connectivity index (χ2n) is 5.74. The highest BCUT2D eigenvalue weighted by Crippen LogP contribution is 2.37. The number of fused-ring (bicyclic) bond motifs is 2. The van der Waals surface area contributed by atoms with Gasteiger partial charge in [-0.1, -0.05) is 0 Å². The second kappa shape index (κ2) is 4.72. The third-order valence-corrected chi connectivity index (χ3v) is 4.52. The van der Waals surface area contributed by atoms with Crippen molar-refractivity contribution < 1.29 is 9.47 Å². The van der Waals surface area contributed by atoms with Crippen LogP contribution in [0.1, 0.15) is 12.8 Å². The number of hydrogen-bond acceptors (Lipinski definition) is 6. The van der Waals surface area contributed by atoms with E-state index in [2.05, 4.69) is 24.9 Å². The molecule has 0 amide bonds. The molecule has 7 nitrogen and oxygen atoms in total. The minimum absolute atomic E-state index is 0.254. The maximum atomic E-state index is 6.14. The zero-order valence-electron chi connectivity index (χ0n) is 12.0. The van der Waals surface area contributed by atoms with Crippen LogP contribution in [0, 0.1) is 5.92 Å². The standard InChI is InChI=1S/C14H17N5O2/c1-20-12-6-11(16-9-17-12)18-13-15-7-14(21-13)8-19-4-2-10(14)3-5-19/h6-7,9-10H,2-5,8H2,1H3/p+1. The van der Waals surface area contributed by atoms with Crippen LogP contribution in [-0.2, 0) is 4.74 Å². The van der Waals surface area contributed by atoms with Gasteiger partial charge in [-0.05, 0) is 25.9 Å². The van der Waals surface area contributed by atoms with E-state index in [4.69, 9.17) is 9.47 Å². The summed E-state index contributed by atoms with van der Waals surface area (Å²) in [7, 11) is 1.58. The molecule has 1 spiro atoms. The normalized spacial score (nSPS) is 32.9. The van der Waals surface area contributed by atoms with Gasteiger partial charge in [0.25, 0.3) is 0 Å². The Morgan fingerprint density at radius 2 is 2.29 bits per heavy atom. The first-order chi connectivity index (χ1) is 10.3. The van der Waals surface area contributed by atoms with E-state index in [-0.39, 0.29) is 5.60 Å². The summed E-state index contributed by atoms with van der Waals surface area (Å²) in [6.07, 6.45) is 5.77. The van der Waals surface area contributed by atoms with Crippen LogP contribution in [-0.4, -0.2) is 59.4 Å². The molecule has 3 fully saturated rings. The fourth-order valence-corrected chi connectivity index (χ4v) is 3.41. The average Bonchev–Trinajstić information content (AvgIpc) is 2.91. The van der Waals surface area contributed by atoms with Gasteiger partial charge in [0.1, 0.15) is 6.33 Å². The van der Waals surface area contributed by atoms with E-state index in [9.17, 15) is 0 Å². The fourth-order valence-electron chi connectivity index (χ4n) is 3.41. The van der Waals surface area contributed by atoms with E-state index in [0.29, 0.717) is 23.6 Å². The molecule has 0 saturated carbocycles. The third kappa shape index (κ3) is 2.14. The number of aromatic nitrogens is 2. The molecule has 4 aliphatic rings. The molecule has 5 heterocycles. The number of ether oxygens (including phenoxy) is 2. The second-order valence-corrected chi connectivity index (χ2v) is 5.74. The highest BCUT2D eigenvalue weighted by atomic mass is 16.5. The van der Waals surface area contributed by atoms with Crippen molar-refractivity contribution >= 4 is 18.1 Å². The van der Waals surface area contributed by atoms with Crippen molar-refractivity contribution in [1.29, 1.82) is 0 Å². The van der Waals surface area contributed by atoms with Crippen molar-refractivity contribution in [2.45, 2.75) is 18.4 Å². The molecule has 21 heavy (non-hydrogen) atoms. The van der Waals surface area contributed by atoms with Gasteiger partial charge in [-0.2, -0.15) is 15.0 Å². The van der Waals surface area contributed by atoms with Gasteiger partial charge in [0.15, 0.2) is 0 Å². The quantitative estimate of drug-likeness (QED) is 0.765. The van der Waals surface area contributed by atoms with Gasteiger partial charge in [0, 0.05) is 12.5 Å². The van der Waals surface area contributed by atoms with Crippen LogP contribution in [0.3, 0.4) is 0 Å². The average molecular weight is 288 g/mol. The molecule has 3 saturated heterocycles. The molecule has 0 aliphatic carbocycles. The Labute approximate surface area is 122 Å². The van der Waals surface area contributed by atoms with E-state index in [1.807, 2.05) is 6.21 Å². The van der Waals surface area contributed by atoms with E-state index < -0.39 is 0 Å². The molecule has 2 bridgehead atoms. The maximum Gasteiger partial charge on any atom is 0.554 e. The molecule has 0 radical (unpaired) electrons. The minimum Gasteiger partial charge on any atom is -0.481 e. The van der Waals surface area contributed by atoms with Gasteiger partial charge in [-0.3, -0.25) is 4.90 Å². The number of methoxy groups -OCH3 is 1. The van der Waals surface area contributed by atoms with Crippen molar-refractivity contribution in [3.63, 3.8) is 0 Å². The SMILES string of the molecule is COc1cc(NC2=[N+]=CC3(CN4CCC3CC4)O2)ncn1. The van der Waals surface area contributed by atoms with Crippen LogP contribution in [0.25, 0.3) is 0 Å². The molecule has 1 aromatic rings. The van der Waals surface area contributed by atoms with Crippen molar-refractivity contribution in [3.8, 4) is 5.88 Å². The molecule has 1 atom stereocenters. The van der Waals surface area contributed by atoms with Crippen LogP contribution in [0.2, 0.25) is 0 Å². The first-order valence-electron chi connectivity index (χ1n) is 7.24.